The number of hydrogen-bond donors (Lipinski definition) is 2. The highest BCUT2D eigenvalue weighted by molar-refractivity contribution is 6.07. The number of carbonyl (C=O) groups is 1. The Balaban J connectivity index is 2.43. The summed E-state index contributed by atoms with van der Waals surface area (Å²) < 4.78 is 2.11. The van der Waals surface area contributed by atoms with Crippen molar-refractivity contribution in [2.45, 2.75) is 45.8 Å². The quantitative estimate of drug-likeness (QED) is 0.912. The van der Waals surface area contributed by atoms with Gasteiger partial charge in [0.25, 0.3) is 5.91 Å². The van der Waals surface area contributed by atoms with Crippen LogP contribution in [0.5, 0.6) is 0 Å². The van der Waals surface area contributed by atoms with Crippen LogP contribution in [0.1, 0.15) is 45.0 Å². The zero-order valence-electron chi connectivity index (χ0n) is 13.4. The van der Waals surface area contributed by atoms with Crippen molar-refractivity contribution in [3.8, 4) is 0 Å². The molecule has 0 aliphatic carbocycles. The standard InChI is InChI=1S/C17H24N2O2/c1-16(2,3)19-10-13(12-8-6-7-9-14(12)19)15(20)18-11-17(4,5)21/h6-10,21H,11H2,1-5H3,(H,18,20). The fraction of sp³-hybridized carbons (Fsp3) is 0.471. The van der Waals surface area contributed by atoms with Crippen LogP contribution in [0.25, 0.3) is 10.9 Å². The lowest BCUT2D eigenvalue weighted by atomic mass is 10.1. The number of fused-ring (bicyclic) bond motifs is 1. The Morgan fingerprint density at radius 3 is 2.38 bits per heavy atom. The number of rotatable bonds is 3. The second-order valence-electron chi connectivity index (χ2n) is 7.10. The third kappa shape index (κ3) is 3.45. The minimum absolute atomic E-state index is 0.103. The van der Waals surface area contributed by atoms with Crippen LogP contribution >= 0.6 is 0 Å². The molecular formula is C17H24N2O2. The smallest absolute Gasteiger partial charge is 0.253 e. The molecule has 2 aromatic rings. The molecule has 114 valence electrons. The maximum Gasteiger partial charge on any atom is 0.253 e. The zero-order chi connectivity index (χ0) is 15.8. The normalized spacial score (nSPS) is 12.7. The lowest BCUT2D eigenvalue weighted by molar-refractivity contribution is 0.0695. The van der Waals surface area contributed by atoms with Crippen LogP contribution in [0, 0.1) is 0 Å². The van der Waals surface area contributed by atoms with E-state index in [9.17, 15) is 9.90 Å². The highest BCUT2D eigenvalue weighted by Crippen LogP contribution is 2.27. The molecule has 1 aromatic carbocycles. The number of aliphatic hydroxyl groups is 1. The van der Waals surface area contributed by atoms with Crippen LogP contribution in [-0.2, 0) is 5.54 Å². The molecule has 0 fully saturated rings. The molecular weight excluding hydrogens is 264 g/mol. The van der Waals surface area contributed by atoms with E-state index in [1.807, 2.05) is 30.5 Å². The molecule has 0 radical (unpaired) electrons. The molecule has 0 aliphatic heterocycles. The van der Waals surface area contributed by atoms with Gasteiger partial charge in [-0.05, 0) is 40.7 Å². The van der Waals surface area contributed by atoms with Crippen molar-refractivity contribution >= 4 is 16.8 Å². The third-order valence-corrected chi connectivity index (χ3v) is 3.36. The minimum Gasteiger partial charge on any atom is -0.389 e. The molecule has 0 bridgehead atoms. The maximum atomic E-state index is 12.4. The first kappa shape index (κ1) is 15.6. The summed E-state index contributed by atoms with van der Waals surface area (Å²) in [7, 11) is 0. The fourth-order valence-electron chi connectivity index (χ4n) is 2.31. The topological polar surface area (TPSA) is 54.3 Å². The van der Waals surface area contributed by atoms with Crippen molar-refractivity contribution in [1.29, 1.82) is 0 Å². The van der Waals surface area contributed by atoms with Gasteiger partial charge in [-0.15, -0.1) is 0 Å². The van der Waals surface area contributed by atoms with Crippen LogP contribution in [0.3, 0.4) is 0 Å². The SMILES string of the molecule is CC(C)(O)CNC(=O)c1cn(C(C)(C)C)c2ccccc12. The number of nitrogens with zero attached hydrogens (tertiary/aromatic N) is 1. The Kier molecular flexibility index (Phi) is 3.85. The lowest BCUT2D eigenvalue weighted by Gasteiger charge is -2.22. The van der Waals surface area contributed by atoms with Gasteiger partial charge in [-0.3, -0.25) is 4.79 Å². The van der Waals surface area contributed by atoms with E-state index in [2.05, 4.69) is 30.7 Å². The van der Waals surface area contributed by atoms with Crippen molar-refractivity contribution < 1.29 is 9.90 Å². The van der Waals surface area contributed by atoms with E-state index in [0.717, 1.165) is 10.9 Å². The van der Waals surface area contributed by atoms with Crippen LogP contribution in [0.4, 0.5) is 0 Å². The van der Waals surface area contributed by atoms with E-state index in [1.165, 1.54) is 0 Å². The summed E-state index contributed by atoms with van der Waals surface area (Å²) in [5.74, 6) is -0.156. The molecule has 1 aromatic heterocycles. The number of nitrogens with one attached hydrogen (secondary N) is 1. The summed E-state index contributed by atoms with van der Waals surface area (Å²) in [5, 5.41) is 13.5. The predicted molar refractivity (Wildman–Crippen MR) is 85.6 cm³/mol. The second-order valence-corrected chi connectivity index (χ2v) is 7.10. The number of amides is 1. The van der Waals surface area contributed by atoms with Crippen LogP contribution in [-0.4, -0.2) is 27.7 Å². The molecule has 1 amide bonds. The summed E-state index contributed by atoms with van der Waals surface area (Å²) in [4.78, 5) is 12.4. The van der Waals surface area contributed by atoms with E-state index in [0.29, 0.717) is 5.56 Å². The molecule has 4 nitrogen and oxygen atoms in total. The number of aromatic nitrogens is 1. The van der Waals surface area contributed by atoms with Crippen LogP contribution in [0.15, 0.2) is 30.5 Å². The van der Waals surface area contributed by atoms with Crippen LogP contribution < -0.4 is 5.32 Å². The Morgan fingerprint density at radius 1 is 1.19 bits per heavy atom. The summed E-state index contributed by atoms with van der Waals surface area (Å²) in [6.45, 7) is 9.90. The van der Waals surface area contributed by atoms with Crippen molar-refractivity contribution in [2.75, 3.05) is 6.54 Å². The molecule has 21 heavy (non-hydrogen) atoms. The van der Waals surface area contributed by atoms with Crippen molar-refractivity contribution in [2.24, 2.45) is 0 Å². The Morgan fingerprint density at radius 2 is 1.81 bits per heavy atom. The van der Waals surface area contributed by atoms with Gasteiger partial charge in [0.05, 0.1) is 11.2 Å². The fourth-order valence-corrected chi connectivity index (χ4v) is 2.31. The van der Waals surface area contributed by atoms with Gasteiger partial charge in [0.15, 0.2) is 0 Å². The first-order valence-electron chi connectivity index (χ1n) is 7.21. The van der Waals surface area contributed by atoms with Crippen molar-refractivity contribution in [3.63, 3.8) is 0 Å². The average molecular weight is 288 g/mol. The van der Waals surface area contributed by atoms with E-state index in [-0.39, 0.29) is 18.0 Å². The Bertz CT molecular complexity index is 657. The van der Waals surface area contributed by atoms with Gasteiger partial charge in [0.2, 0.25) is 0 Å². The minimum atomic E-state index is -0.919. The average Bonchev–Trinajstić information content (AvgIpc) is 2.74. The number of benzene rings is 1. The van der Waals surface area contributed by atoms with Gasteiger partial charge in [0, 0.05) is 29.2 Å². The number of hydrogen-bond acceptors (Lipinski definition) is 2. The summed E-state index contributed by atoms with van der Waals surface area (Å²) in [6.07, 6.45) is 1.89. The molecule has 0 atom stereocenters. The molecule has 2 rings (SSSR count). The van der Waals surface area contributed by atoms with Gasteiger partial charge in [-0.25, -0.2) is 0 Å². The van der Waals surface area contributed by atoms with Gasteiger partial charge in [0.1, 0.15) is 0 Å². The van der Waals surface area contributed by atoms with E-state index < -0.39 is 5.60 Å². The van der Waals surface area contributed by atoms with Gasteiger partial charge in [-0.1, -0.05) is 18.2 Å². The molecule has 0 aliphatic rings. The summed E-state index contributed by atoms with van der Waals surface area (Å²) >= 11 is 0. The first-order valence-corrected chi connectivity index (χ1v) is 7.21. The summed E-state index contributed by atoms with van der Waals surface area (Å²) in [5.41, 5.74) is 0.662. The third-order valence-electron chi connectivity index (χ3n) is 3.36. The zero-order valence-corrected chi connectivity index (χ0v) is 13.4. The number of carbonyl (C=O) groups excluding carboxylic acids is 1. The predicted octanol–water partition coefficient (Wildman–Crippen LogP) is 2.90. The first-order chi connectivity index (χ1) is 9.59. The van der Waals surface area contributed by atoms with E-state index in [4.69, 9.17) is 0 Å². The molecule has 0 saturated heterocycles. The van der Waals surface area contributed by atoms with Crippen LogP contribution in [0.2, 0.25) is 0 Å². The monoisotopic (exact) mass is 288 g/mol. The maximum absolute atomic E-state index is 12.4. The molecule has 4 heteroatoms. The van der Waals surface area contributed by atoms with Gasteiger partial charge in [-0.2, -0.15) is 0 Å². The number of para-hydroxylation sites is 1. The van der Waals surface area contributed by atoms with Gasteiger partial charge < -0.3 is 15.0 Å². The Hall–Kier alpha value is -1.81. The Labute approximate surface area is 125 Å². The van der Waals surface area contributed by atoms with Crippen molar-refractivity contribution in [3.05, 3.63) is 36.0 Å². The summed E-state index contributed by atoms with van der Waals surface area (Å²) in [6, 6.07) is 7.88. The van der Waals surface area contributed by atoms with Crippen molar-refractivity contribution in [1.82, 2.24) is 9.88 Å². The molecule has 0 spiro atoms. The van der Waals surface area contributed by atoms with E-state index in [1.54, 1.807) is 13.8 Å². The highest BCUT2D eigenvalue weighted by Gasteiger charge is 2.22. The molecule has 0 unspecified atom stereocenters. The largest absolute Gasteiger partial charge is 0.389 e. The molecule has 1 heterocycles. The second kappa shape index (κ2) is 5.19. The molecule has 0 saturated carbocycles. The van der Waals surface area contributed by atoms with E-state index >= 15 is 0 Å². The lowest BCUT2D eigenvalue weighted by Crippen LogP contribution is -2.38. The highest BCUT2D eigenvalue weighted by atomic mass is 16.3. The van der Waals surface area contributed by atoms with Gasteiger partial charge >= 0.3 is 0 Å². The molecule has 2 N–H and O–H groups in total.